The summed E-state index contributed by atoms with van der Waals surface area (Å²) in [5, 5.41) is 9.83. The van der Waals surface area contributed by atoms with Gasteiger partial charge in [0.1, 0.15) is 4.70 Å². The Morgan fingerprint density at radius 3 is 2.84 bits per heavy atom. The van der Waals surface area contributed by atoms with Crippen LogP contribution >= 0.6 is 11.3 Å². The minimum atomic E-state index is -0.422. The average molecular weight is 276 g/mol. The maximum absolute atomic E-state index is 11.9. The highest BCUT2D eigenvalue weighted by molar-refractivity contribution is 7.25. The molecule has 6 heteroatoms. The fraction of sp³-hybridized carbons (Fsp3) is 0.231. The van der Waals surface area contributed by atoms with Crippen molar-refractivity contribution in [3.8, 4) is 0 Å². The summed E-state index contributed by atoms with van der Waals surface area (Å²) in [6, 6.07) is 7.63. The van der Waals surface area contributed by atoms with Gasteiger partial charge < -0.3 is 5.11 Å². The van der Waals surface area contributed by atoms with Gasteiger partial charge in [-0.2, -0.15) is 0 Å². The summed E-state index contributed by atoms with van der Waals surface area (Å²) >= 11 is 1.38. The van der Waals surface area contributed by atoms with E-state index in [0.29, 0.717) is 23.2 Å². The first-order valence-electron chi connectivity index (χ1n) is 5.97. The van der Waals surface area contributed by atoms with Gasteiger partial charge in [-0.3, -0.25) is 14.3 Å². The molecule has 19 heavy (non-hydrogen) atoms. The zero-order chi connectivity index (χ0) is 13.4. The second kappa shape index (κ2) is 4.64. The summed E-state index contributed by atoms with van der Waals surface area (Å²) in [7, 11) is 0. The van der Waals surface area contributed by atoms with Gasteiger partial charge >= 0.3 is 5.69 Å². The van der Waals surface area contributed by atoms with Crippen molar-refractivity contribution in [3.05, 3.63) is 45.1 Å². The van der Waals surface area contributed by atoms with Gasteiger partial charge in [-0.05, 0) is 12.5 Å². The Hall–Kier alpha value is -1.92. The van der Waals surface area contributed by atoms with Crippen LogP contribution < -0.4 is 11.2 Å². The standard InChI is InChI=1S/C13H12N2O3S/c16-7-3-6-15-10-8-4-1-2-5-9(8)19-11(10)12(17)14-13(15)18/h1-2,4-5,16H,3,6-7H2,(H,14,17,18). The summed E-state index contributed by atoms with van der Waals surface area (Å²) in [6.45, 7) is 0.401. The highest BCUT2D eigenvalue weighted by atomic mass is 32.1. The van der Waals surface area contributed by atoms with Crippen LogP contribution in [-0.2, 0) is 6.54 Å². The lowest BCUT2D eigenvalue weighted by atomic mass is 10.2. The number of fused-ring (bicyclic) bond motifs is 3. The molecule has 0 radical (unpaired) electrons. The molecule has 0 unspecified atom stereocenters. The number of nitrogens with zero attached hydrogens (tertiary/aromatic N) is 1. The number of hydrogen-bond donors (Lipinski definition) is 2. The molecule has 0 saturated carbocycles. The summed E-state index contributed by atoms with van der Waals surface area (Å²) < 4.78 is 3.07. The van der Waals surface area contributed by atoms with E-state index in [1.807, 2.05) is 24.3 Å². The van der Waals surface area contributed by atoms with E-state index in [9.17, 15) is 9.59 Å². The van der Waals surface area contributed by atoms with Gasteiger partial charge in [-0.25, -0.2) is 4.79 Å². The third-order valence-electron chi connectivity index (χ3n) is 3.05. The van der Waals surface area contributed by atoms with Crippen LogP contribution in [0.1, 0.15) is 6.42 Å². The van der Waals surface area contributed by atoms with E-state index in [-0.39, 0.29) is 12.2 Å². The molecule has 2 heterocycles. The molecule has 0 spiro atoms. The second-order valence-electron chi connectivity index (χ2n) is 4.26. The van der Waals surface area contributed by atoms with E-state index in [4.69, 9.17) is 5.11 Å². The summed E-state index contributed by atoms with van der Waals surface area (Å²) in [6.07, 6.45) is 0.477. The van der Waals surface area contributed by atoms with Crippen molar-refractivity contribution >= 4 is 31.6 Å². The zero-order valence-corrected chi connectivity index (χ0v) is 10.9. The molecule has 2 aromatic heterocycles. The van der Waals surface area contributed by atoms with E-state index in [1.54, 1.807) is 0 Å². The van der Waals surface area contributed by atoms with E-state index in [2.05, 4.69) is 4.98 Å². The topological polar surface area (TPSA) is 75.1 Å². The summed E-state index contributed by atoms with van der Waals surface area (Å²) in [5.41, 5.74) is -0.0984. The molecule has 1 aromatic carbocycles. The number of aryl methyl sites for hydroxylation is 1. The SMILES string of the molecule is O=c1[nH]c(=O)n(CCCO)c2c1sc1ccccc12. The molecule has 98 valence electrons. The molecule has 0 saturated heterocycles. The number of thiophene rings is 1. The molecule has 5 nitrogen and oxygen atoms in total. The molecule has 3 rings (SSSR count). The average Bonchev–Trinajstić information content (AvgIpc) is 2.79. The van der Waals surface area contributed by atoms with Crippen LogP contribution in [0.4, 0.5) is 0 Å². The van der Waals surface area contributed by atoms with Gasteiger partial charge in [0.2, 0.25) is 0 Å². The predicted molar refractivity (Wildman–Crippen MR) is 75.9 cm³/mol. The molecule has 0 aliphatic carbocycles. The van der Waals surface area contributed by atoms with Crippen molar-refractivity contribution in [2.75, 3.05) is 6.61 Å². The Morgan fingerprint density at radius 1 is 1.26 bits per heavy atom. The minimum absolute atomic E-state index is 0.00906. The predicted octanol–water partition coefficient (Wildman–Crippen LogP) is 1.29. The molecular weight excluding hydrogens is 264 g/mol. The molecule has 0 aliphatic heterocycles. The smallest absolute Gasteiger partial charge is 0.328 e. The lowest BCUT2D eigenvalue weighted by Crippen LogP contribution is -2.29. The minimum Gasteiger partial charge on any atom is -0.396 e. The first kappa shape index (κ1) is 12.1. The number of aromatic nitrogens is 2. The summed E-state index contributed by atoms with van der Waals surface area (Å²) in [4.78, 5) is 26.2. The first-order valence-corrected chi connectivity index (χ1v) is 6.79. The largest absolute Gasteiger partial charge is 0.396 e. The monoisotopic (exact) mass is 276 g/mol. The lowest BCUT2D eigenvalue weighted by Gasteiger charge is -2.06. The Kier molecular flexibility index (Phi) is 2.96. The van der Waals surface area contributed by atoms with E-state index in [0.717, 1.165) is 10.1 Å². The number of H-pyrrole nitrogens is 1. The van der Waals surface area contributed by atoms with Crippen LogP contribution in [0.15, 0.2) is 33.9 Å². The van der Waals surface area contributed by atoms with Crippen LogP contribution in [0.25, 0.3) is 20.3 Å². The molecule has 2 N–H and O–H groups in total. The maximum atomic E-state index is 11.9. The fourth-order valence-electron chi connectivity index (χ4n) is 2.22. The van der Waals surface area contributed by atoms with E-state index in [1.165, 1.54) is 15.9 Å². The Bertz CT molecular complexity index is 860. The van der Waals surface area contributed by atoms with Crippen molar-refractivity contribution < 1.29 is 5.11 Å². The Morgan fingerprint density at radius 2 is 2.05 bits per heavy atom. The van der Waals surface area contributed by atoms with Crippen LogP contribution in [-0.4, -0.2) is 21.3 Å². The van der Waals surface area contributed by atoms with Crippen molar-refractivity contribution in [2.45, 2.75) is 13.0 Å². The molecule has 0 aliphatic rings. The zero-order valence-electron chi connectivity index (χ0n) is 10.0. The molecule has 3 aromatic rings. The second-order valence-corrected chi connectivity index (χ2v) is 5.32. The van der Waals surface area contributed by atoms with Gasteiger partial charge in [0.15, 0.2) is 0 Å². The lowest BCUT2D eigenvalue weighted by molar-refractivity contribution is 0.279. The number of aliphatic hydroxyl groups is 1. The van der Waals surface area contributed by atoms with Crippen LogP contribution in [0.3, 0.4) is 0 Å². The van der Waals surface area contributed by atoms with Gasteiger partial charge in [0.25, 0.3) is 5.56 Å². The van der Waals surface area contributed by atoms with Crippen LogP contribution in [0.5, 0.6) is 0 Å². The molecule has 0 amide bonds. The number of hydrogen-bond acceptors (Lipinski definition) is 4. The molecule has 0 bridgehead atoms. The van der Waals surface area contributed by atoms with Crippen LogP contribution in [0.2, 0.25) is 0 Å². The molecule has 0 fully saturated rings. The normalized spacial score (nSPS) is 11.4. The van der Waals surface area contributed by atoms with Crippen LogP contribution in [0, 0.1) is 0 Å². The maximum Gasteiger partial charge on any atom is 0.328 e. The number of aliphatic hydroxyl groups excluding tert-OH is 1. The van der Waals surface area contributed by atoms with Crippen molar-refractivity contribution in [1.82, 2.24) is 9.55 Å². The Labute approximate surface area is 111 Å². The number of nitrogens with one attached hydrogen (secondary N) is 1. The van der Waals surface area contributed by atoms with Crippen molar-refractivity contribution in [1.29, 1.82) is 0 Å². The highest BCUT2D eigenvalue weighted by Gasteiger charge is 2.13. The quantitative estimate of drug-likeness (QED) is 0.757. The van der Waals surface area contributed by atoms with Crippen molar-refractivity contribution in [2.24, 2.45) is 0 Å². The van der Waals surface area contributed by atoms with Crippen molar-refractivity contribution in [3.63, 3.8) is 0 Å². The first-order chi connectivity index (χ1) is 9.22. The molecular formula is C13H12N2O3S. The third kappa shape index (κ3) is 1.89. The highest BCUT2D eigenvalue weighted by Crippen LogP contribution is 2.30. The van der Waals surface area contributed by atoms with Gasteiger partial charge in [0, 0.05) is 23.2 Å². The number of benzene rings is 1. The third-order valence-corrected chi connectivity index (χ3v) is 4.21. The number of rotatable bonds is 3. The van der Waals surface area contributed by atoms with Gasteiger partial charge in [0.05, 0.1) is 5.52 Å². The number of aromatic amines is 1. The van der Waals surface area contributed by atoms with Gasteiger partial charge in [-0.1, -0.05) is 18.2 Å². The van der Waals surface area contributed by atoms with Gasteiger partial charge in [-0.15, -0.1) is 11.3 Å². The fourth-order valence-corrected chi connectivity index (χ4v) is 3.32. The summed E-state index contributed by atoms with van der Waals surface area (Å²) in [5.74, 6) is 0. The Balaban J connectivity index is 2.46. The van der Waals surface area contributed by atoms with E-state index < -0.39 is 5.69 Å². The molecule has 0 atom stereocenters. The van der Waals surface area contributed by atoms with E-state index >= 15 is 0 Å².